The molecular formula is C22H27FN4O4. The number of aliphatic carboxylic acids is 1. The average Bonchev–Trinajstić information content (AvgIpc) is 3.38. The molecule has 2 aromatic rings. The Kier molecular flexibility index (Phi) is 6.31. The van der Waals surface area contributed by atoms with Gasteiger partial charge in [0.2, 0.25) is 0 Å². The van der Waals surface area contributed by atoms with Crippen LogP contribution in [0.25, 0.3) is 11.3 Å². The highest BCUT2D eigenvalue weighted by Gasteiger charge is 2.46. The lowest BCUT2D eigenvalue weighted by atomic mass is 9.61. The first-order valence-electron chi connectivity index (χ1n) is 10.7. The third-order valence-electron chi connectivity index (χ3n) is 6.26. The summed E-state index contributed by atoms with van der Waals surface area (Å²) in [5.74, 6) is -1.40. The monoisotopic (exact) mass is 430 g/mol. The van der Waals surface area contributed by atoms with Crippen molar-refractivity contribution in [2.24, 2.45) is 11.3 Å². The standard InChI is InChI=1S/C22H27FN4O4/c23-18-9-16(19-13-27(26-25-19)7-2-1-3-20(28)29)4-5-17(18)21(30)24-12-15-10-22(11-15)6-8-31-14-22/h4-5,9,13,15H,1-3,6-8,10-12,14H2,(H,24,30)(H,28,29). The van der Waals surface area contributed by atoms with E-state index in [0.717, 1.165) is 32.5 Å². The highest BCUT2D eigenvalue weighted by atomic mass is 19.1. The van der Waals surface area contributed by atoms with Crippen molar-refractivity contribution in [3.63, 3.8) is 0 Å². The lowest BCUT2D eigenvalue weighted by molar-refractivity contribution is -0.137. The third kappa shape index (κ3) is 5.10. The minimum Gasteiger partial charge on any atom is -0.481 e. The molecule has 2 heterocycles. The normalized spacial score (nSPS) is 22.4. The van der Waals surface area contributed by atoms with E-state index in [9.17, 15) is 14.0 Å². The Morgan fingerprint density at radius 1 is 1.32 bits per heavy atom. The average molecular weight is 430 g/mol. The molecule has 1 aliphatic carbocycles. The number of hydrogen-bond acceptors (Lipinski definition) is 5. The predicted molar refractivity (Wildman–Crippen MR) is 110 cm³/mol. The van der Waals surface area contributed by atoms with Crippen molar-refractivity contribution in [1.82, 2.24) is 20.3 Å². The number of carboxylic acids is 1. The molecule has 2 fully saturated rings. The van der Waals surface area contributed by atoms with Crippen molar-refractivity contribution in [1.29, 1.82) is 0 Å². The Bertz CT molecular complexity index is 947. The quantitative estimate of drug-likeness (QED) is 0.593. The smallest absolute Gasteiger partial charge is 0.303 e. The molecule has 4 rings (SSSR count). The van der Waals surface area contributed by atoms with Crippen LogP contribution in [0, 0.1) is 17.2 Å². The Balaban J connectivity index is 1.28. The van der Waals surface area contributed by atoms with Crippen LogP contribution < -0.4 is 5.32 Å². The fraction of sp³-hybridized carbons (Fsp3) is 0.545. The van der Waals surface area contributed by atoms with Gasteiger partial charge < -0.3 is 15.2 Å². The van der Waals surface area contributed by atoms with Crippen LogP contribution in [0.3, 0.4) is 0 Å². The highest BCUT2D eigenvalue weighted by Crippen LogP contribution is 2.50. The number of hydrogen-bond donors (Lipinski definition) is 2. The van der Waals surface area contributed by atoms with Gasteiger partial charge in [-0.1, -0.05) is 11.3 Å². The maximum absolute atomic E-state index is 14.6. The van der Waals surface area contributed by atoms with Crippen molar-refractivity contribution in [2.75, 3.05) is 19.8 Å². The zero-order valence-electron chi connectivity index (χ0n) is 17.3. The lowest BCUT2D eigenvalue weighted by Gasteiger charge is -2.44. The number of benzene rings is 1. The number of nitrogens with one attached hydrogen (secondary N) is 1. The number of aromatic nitrogens is 3. The molecule has 1 saturated heterocycles. The van der Waals surface area contributed by atoms with Crippen LogP contribution in [0.5, 0.6) is 0 Å². The summed E-state index contributed by atoms with van der Waals surface area (Å²) in [4.78, 5) is 23.0. The number of rotatable bonds is 9. The van der Waals surface area contributed by atoms with Gasteiger partial charge in [-0.15, -0.1) is 5.10 Å². The molecule has 31 heavy (non-hydrogen) atoms. The zero-order chi connectivity index (χ0) is 21.8. The first-order chi connectivity index (χ1) is 14.9. The molecule has 1 amide bonds. The van der Waals surface area contributed by atoms with Gasteiger partial charge in [0.25, 0.3) is 5.91 Å². The molecule has 1 spiro atoms. The van der Waals surface area contributed by atoms with Crippen LogP contribution >= 0.6 is 0 Å². The minimum absolute atomic E-state index is 0.0167. The predicted octanol–water partition coefficient (Wildman–Crippen LogP) is 2.89. The molecule has 2 N–H and O–H groups in total. The van der Waals surface area contributed by atoms with Gasteiger partial charge in [-0.05, 0) is 55.6 Å². The van der Waals surface area contributed by atoms with E-state index in [0.29, 0.717) is 48.5 Å². The van der Waals surface area contributed by atoms with Gasteiger partial charge >= 0.3 is 5.97 Å². The van der Waals surface area contributed by atoms with Gasteiger partial charge in [-0.3, -0.25) is 14.3 Å². The number of nitrogens with zero attached hydrogens (tertiary/aromatic N) is 3. The number of carbonyl (C=O) groups excluding carboxylic acids is 1. The van der Waals surface area contributed by atoms with Gasteiger partial charge in [-0.2, -0.15) is 0 Å². The van der Waals surface area contributed by atoms with Gasteiger partial charge in [0.05, 0.1) is 18.4 Å². The fourth-order valence-corrected chi connectivity index (χ4v) is 4.56. The minimum atomic E-state index is -0.820. The molecule has 1 saturated carbocycles. The van der Waals surface area contributed by atoms with Crippen molar-refractivity contribution in [2.45, 2.75) is 45.1 Å². The van der Waals surface area contributed by atoms with E-state index in [1.807, 2.05) is 0 Å². The van der Waals surface area contributed by atoms with Gasteiger partial charge in [-0.25, -0.2) is 4.39 Å². The van der Waals surface area contributed by atoms with Gasteiger partial charge in [0.15, 0.2) is 0 Å². The SMILES string of the molecule is O=C(O)CCCCn1cc(-c2ccc(C(=O)NCC3CC4(CCOC4)C3)c(F)c2)nn1. The summed E-state index contributed by atoms with van der Waals surface area (Å²) < 4.78 is 21.7. The van der Waals surface area contributed by atoms with E-state index in [-0.39, 0.29) is 12.0 Å². The van der Waals surface area contributed by atoms with Crippen molar-refractivity contribution in [3.05, 3.63) is 35.8 Å². The fourth-order valence-electron chi connectivity index (χ4n) is 4.56. The summed E-state index contributed by atoms with van der Waals surface area (Å²) in [6.45, 7) is 2.74. The van der Waals surface area contributed by atoms with Crippen molar-refractivity contribution < 1.29 is 23.8 Å². The number of carboxylic acid groups (broad SMARTS) is 1. The molecule has 0 atom stereocenters. The van der Waals surface area contributed by atoms with Crippen LogP contribution in [0.2, 0.25) is 0 Å². The number of halogens is 1. The van der Waals surface area contributed by atoms with E-state index in [4.69, 9.17) is 9.84 Å². The second kappa shape index (κ2) is 9.13. The van der Waals surface area contributed by atoms with Crippen LogP contribution in [-0.2, 0) is 16.1 Å². The van der Waals surface area contributed by atoms with Crippen LogP contribution in [0.1, 0.15) is 48.9 Å². The summed E-state index contributed by atoms with van der Waals surface area (Å²) in [6.07, 6.45) is 6.24. The summed E-state index contributed by atoms with van der Waals surface area (Å²) in [5, 5.41) is 19.6. The van der Waals surface area contributed by atoms with Crippen molar-refractivity contribution in [3.8, 4) is 11.3 Å². The molecule has 1 aliphatic heterocycles. The summed E-state index contributed by atoms with van der Waals surface area (Å²) in [6, 6.07) is 4.42. The second-order valence-corrected chi connectivity index (χ2v) is 8.70. The number of amides is 1. The zero-order valence-corrected chi connectivity index (χ0v) is 17.3. The van der Waals surface area contributed by atoms with E-state index >= 15 is 0 Å². The molecular weight excluding hydrogens is 403 g/mol. The van der Waals surface area contributed by atoms with Gasteiger partial charge in [0, 0.05) is 31.7 Å². The molecule has 166 valence electrons. The molecule has 1 aromatic heterocycles. The molecule has 0 unspecified atom stereocenters. The molecule has 9 heteroatoms. The first-order valence-corrected chi connectivity index (χ1v) is 10.7. The van der Waals surface area contributed by atoms with Crippen molar-refractivity contribution >= 4 is 11.9 Å². The van der Waals surface area contributed by atoms with E-state index < -0.39 is 17.7 Å². The maximum Gasteiger partial charge on any atom is 0.303 e. The molecule has 8 nitrogen and oxygen atoms in total. The van der Waals surface area contributed by atoms with Gasteiger partial charge in [0.1, 0.15) is 11.5 Å². The van der Waals surface area contributed by atoms with Crippen LogP contribution in [-0.4, -0.2) is 51.7 Å². The van der Waals surface area contributed by atoms with Crippen LogP contribution in [0.15, 0.2) is 24.4 Å². The summed E-state index contributed by atoms with van der Waals surface area (Å²) >= 11 is 0. The number of carbonyl (C=O) groups is 2. The Morgan fingerprint density at radius 2 is 2.16 bits per heavy atom. The lowest BCUT2D eigenvalue weighted by Crippen LogP contribution is -2.43. The Labute approximate surface area is 179 Å². The third-order valence-corrected chi connectivity index (χ3v) is 6.26. The molecule has 2 aliphatic rings. The molecule has 0 radical (unpaired) electrons. The highest BCUT2D eigenvalue weighted by molar-refractivity contribution is 5.94. The number of aryl methyl sites for hydroxylation is 1. The number of ether oxygens (including phenoxy) is 1. The topological polar surface area (TPSA) is 106 Å². The van der Waals surface area contributed by atoms with E-state index in [2.05, 4.69) is 15.6 Å². The molecule has 0 bridgehead atoms. The summed E-state index contributed by atoms with van der Waals surface area (Å²) in [5.41, 5.74) is 1.37. The summed E-state index contributed by atoms with van der Waals surface area (Å²) in [7, 11) is 0. The number of unbranched alkanes of at least 4 members (excludes halogenated alkanes) is 1. The van der Waals surface area contributed by atoms with Crippen LogP contribution in [0.4, 0.5) is 4.39 Å². The Morgan fingerprint density at radius 3 is 2.87 bits per heavy atom. The first kappa shape index (κ1) is 21.4. The Hall–Kier alpha value is -2.81. The van der Waals surface area contributed by atoms with E-state index in [1.165, 1.54) is 12.1 Å². The maximum atomic E-state index is 14.6. The largest absolute Gasteiger partial charge is 0.481 e. The van der Waals surface area contributed by atoms with E-state index in [1.54, 1.807) is 16.9 Å². The second-order valence-electron chi connectivity index (χ2n) is 8.70. The molecule has 1 aromatic carbocycles.